The molecule has 1 aromatic heterocycles. The molecule has 0 amide bonds. The zero-order valence-electron chi connectivity index (χ0n) is 11.2. The minimum atomic E-state index is -0.646. The quantitative estimate of drug-likeness (QED) is 0.681. The second kappa shape index (κ2) is 6.34. The zero-order valence-corrected chi connectivity index (χ0v) is 12.0. The monoisotopic (exact) mass is 284 g/mol. The van der Waals surface area contributed by atoms with E-state index in [9.17, 15) is 15.2 Å². The zero-order chi connectivity index (χ0) is 13.8. The second-order valence-corrected chi connectivity index (χ2v) is 6.09. The van der Waals surface area contributed by atoms with Gasteiger partial charge in [-0.15, -0.1) is 11.3 Å². The number of nitro groups is 1. The first kappa shape index (κ1) is 14.3. The van der Waals surface area contributed by atoms with Crippen molar-refractivity contribution in [3.63, 3.8) is 0 Å². The molecule has 1 aliphatic heterocycles. The fourth-order valence-corrected chi connectivity index (χ4v) is 3.52. The maximum absolute atomic E-state index is 11.2. The molecule has 1 saturated heterocycles. The SMILES string of the molecule is C[C@H](O)c1cc([N+](=O)[O-])c(N2CCCCCCC2)s1. The van der Waals surface area contributed by atoms with Crippen LogP contribution >= 0.6 is 11.3 Å². The van der Waals surface area contributed by atoms with Crippen LogP contribution in [0.5, 0.6) is 0 Å². The summed E-state index contributed by atoms with van der Waals surface area (Å²) in [6.07, 6.45) is 5.17. The highest BCUT2D eigenvalue weighted by atomic mass is 32.1. The molecule has 5 nitrogen and oxygen atoms in total. The van der Waals surface area contributed by atoms with E-state index in [-0.39, 0.29) is 10.6 Å². The molecule has 6 heteroatoms. The van der Waals surface area contributed by atoms with Crippen LogP contribution in [-0.4, -0.2) is 23.1 Å². The van der Waals surface area contributed by atoms with E-state index >= 15 is 0 Å². The largest absolute Gasteiger partial charge is 0.388 e. The van der Waals surface area contributed by atoms with Crippen LogP contribution in [0.25, 0.3) is 0 Å². The van der Waals surface area contributed by atoms with E-state index in [4.69, 9.17) is 0 Å². The third-order valence-electron chi connectivity index (χ3n) is 3.46. The molecule has 1 N–H and O–H groups in total. The van der Waals surface area contributed by atoms with E-state index in [2.05, 4.69) is 4.90 Å². The molecule has 0 radical (unpaired) electrons. The Balaban J connectivity index is 2.27. The van der Waals surface area contributed by atoms with Crippen molar-refractivity contribution in [3.8, 4) is 0 Å². The predicted octanol–water partition coefficient (Wildman–Crippen LogP) is 3.48. The van der Waals surface area contributed by atoms with E-state index < -0.39 is 6.10 Å². The normalized spacial score (nSPS) is 18.7. The lowest BCUT2D eigenvalue weighted by molar-refractivity contribution is -0.383. The molecule has 0 aliphatic carbocycles. The van der Waals surface area contributed by atoms with Crippen molar-refractivity contribution in [1.82, 2.24) is 0 Å². The number of aliphatic hydroxyl groups excluding tert-OH is 1. The third-order valence-corrected chi connectivity index (χ3v) is 4.82. The highest BCUT2D eigenvalue weighted by Crippen LogP contribution is 2.40. The lowest BCUT2D eigenvalue weighted by atomic mass is 10.1. The Labute approximate surface area is 117 Å². The average molecular weight is 284 g/mol. The van der Waals surface area contributed by atoms with Gasteiger partial charge in [0.25, 0.3) is 0 Å². The van der Waals surface area contributed by atoms with Gasteiger partial charge in [0.1, 0.15) is 0 Å². The van der Waals surface area contributed by atoms with E-state index in [0.717, 1.165) is 25.9 Å². The predicted molar refractivity (Wildman–Crippen MR) is 76.9 cm³/mol. The first-order valence-electron chi connectivity index (χ1n) is 6.80. The number of hydrogen-bond donors (Lipinski definition) is 1. The molecule has 0 saturated carbocycles. The third kappa shape index (κ3) is 3.45. The fourth-order valence-electron chi connectivity index (χ4n) is 2.40. The van der Waals surface area contributed by atoms with E-state index in [1.807, 2.05) is 0 Å². The van der Waals surface area contributed by atoms with Crippen molar-refractivity contribution in [3.05, 3.63) is 21.1 Å². The average Bonchev–Trinajstić information content (AvgIpc) is 2.73. The number of nitrogens with zero attached hydrogens (tertiary/aromatic N) is 2. The Morgan fingerprint density at radius 2 is 1.89 bits per heavy atom. The van der Waals surface area contributed by atoms with E-state index in [1.165, 1.54) is 36.7 Å². The number of rotatable bonds is 3. The van der Waals surface area contributed by atoms with Crippen molar-refractivity contribution in [2.45, 2.75) is 45.1 Å². The van der Waals surface area contributed by atoms with Gasteiger partial charge in [-0.25, -0.2) is 0 Å². The van der Waals surface area contributed by atoms with Gasteiger partial charge in [0.15, 0.2) is 5.00 Å². The topological polar surface area (TPSA) is 66.6 Å². The highest BCUT2D eigenvalue weighted by Gasteiger charge is 2.25. The summed E-state index contributed by atoms with van der Waals surface area (Å²) in [6.45, 7) is 3.40. The van der Waals surface area contributed by atoms with Crippen molar-refractivity contribution < 1.29 is 10.0 Å². The van der Waals surface area contributed by atoms with Gasteiger partial charge >= 0.3 is 5.69 Å². The summed E-state index contributed by atoms with van der Waals surface area (Å²) in [6, 6.07) is 1.52. The summed E-state index contributed by atoms with van der Waals surface area (Å²) >= 11 is 1.35. The van der Waals surface area contributed by atoms with Crippen LogP contribution in [0.3, 0.4) is 0 Å². The van der Waals surface area contributed by atoms with E-state index in [1.54, 1.807) is 6.92 Å². The smallest absolute Gasteiger partial charge is 0.304 e. The highest BCUT2D eigenvalue weighted by molar-refractivity contribution is 7.16. The maximum Gasteiger partial charge on any atom is 0.304 e. The molecular weight excluding hydrogens is 264 g/mol. The van der Waals surface area contributed by atoms with Gasteiger partial charge in [0.2, 0.25) is 0 Å². The van der Waals surface area contributed by atoms with Crippen molar-refractivity contribution in [1.29, 1.82) is 0 Å². The summed E-state index contributed by atoms with van der Waals surface area (Å²) in [4.78, 5) is 13.6. The Bertz CT molecular complexity index is 437. The Morgan fingerprint density at radius 3 is 2.42 bits per heavy atom. The van der Waals surface area contributed by atoms with Crippen LogP contribution in [0.2, 0.25) is 0 Å². The molecule has 19 heavy (non-hydrogen) atoms. The van der Waals surface area contributed by atoms with Gasteiger partial charge in [-0.3, -0.25) is 10.1 Å². The van der Waals surface area contributed by atoms with Gasteiger partial charge < -0.3 is 10.0 Å². The number of thiophene rings is 1. The molecule has 1 aliphatic rings. The standard InChI is InChI=1S/C13H20N2O3S/c1-10(16)12-9-11(15(17)18)13(19-12)14-7-5-3-2-4-6-8-14/h9-10,16H,2-8H2,1H3/t10-/m0/s1. The lowest BCUT2D eigenvalue weighted by Crippen LogP contribution is -2.26. The van der Waals surface area contributed by atoms with Crippen LogP contribution in [0.1, 0.15) is 50.0 Å². The van der Waals surface area contributed by atoms with Crippen LogP contribution < -0.4 is 4.90 Å². The Hall–Kier alpha value is -1.14. The number of anilines is 1. The summed E-state index contributed by atoms with van der Waals surface area (Å²) in [7, 11) is 0. The minimum absolute atomic E-state index is 0.140. The number of hydrogen-bond acceptors (Lipinski definition) is 5. The number of aliphatic hydroxyl groups is 1. The van der Waals surface area contributed by atoms with E-state index in [0.29, 0.717) is 9.88 Å². The molecule has 0 spiro atoms. The van der Waals surface area contributed by atoms with Gasteiger partial charge in [-0.1, -0.05) is 19.3 Å². The molecule has 2 rings (SSSR count). The summed E-state index contributed by atoms with van der Waals surface area (Å²) < 4.78 is 0. The Morgan fingerprint density at radius 1 is 1.32 bits per heavy atom. The molecular formula is C13H20N2O3S. The fraction of sp³-hybridized carbons (Fsp3) is 0.692. The van der Waals surface area contributed by atoms with Crippen LogP contribution in [0, 0.1) is 10.1 Å². The molecule has 1 aromatic rings. The van der Waals surface area contributed by atoms with Gasteiger partial charge in [-0.2, -0.15) is 0 Å². The molecule has 0 unspecified atom stereocenters. The van der Waals surface area contributed by atoms with Gasteiger partial charge in [-0.05, 0) is 19.8 Å². The van der Waals surface area contributed by atoms with Crippen LogP contribution in [-0.2, 0) is 0 Å². The van der Waals surface area contributed by atoms with Crippen molar-refractivity contribution in [2.75, 3.05) is 18.0 Å². The van der Waals surface area contributed by atoms with Crippen molar-refractivity contribution >= 4 is 22.0 Å². The first-order valence-corrected chi connectivity index (χ1v) is 7.62. The molecule has 0 aromatic carbocycles. The minimum Gasteiger partial charge on any atom is -0.388 e. The van der Waals surface area contributed by atoms with Crippen LogP contribution in [0.4, 0.5) is 10.7 Å². The first-order chi connectivity index (χ1) is 9.09. The van der Waals surface area contributed by atoms with Crippen LogP contribution in [0.15, 0.2) is 6.07 Å². The maximum atomic E-state index is 11.2. The lowest BCUT2D eigenvalue weighted by Gasteiger charge is -2.24. The molecule has 1 atom stereocenters. The summed E-state index contributed by atoms with van der Waals surface area (Å²) in [5, 5.41) is 21.5. The van der Waals surface area contributed by atoms with Gasteiger partial charge in [0.05, 0.1) is 11.0 Å². The van der Waals surface area contributed by atoms with Crippen molar-refractivity contribution in [2.24, 2.45) is 0 Å². The van der Waals surface area contributed by atoms with Gasteiger partial charge in [0, 0.05) is 24.0 Å². The summed E-state index contributed by atoms with van der Waals surface area (Å²) in [5.74, 6) is 0. The molecule has 0 bridgehead atoms. The second-order valence-electron chi connectivity index (χ2n) is 5.03. The molecule has 2 heterocycles. The molecule has 106 valence electrons. The Kier molecular flexibility index (Phi) is 4.76. The molecule has 1 fully saturated rings. The summed E-state index contributed by atoms with van der Waals surface area (Å²) in [5.41, 5.74) is 0.140.